The molecule has 0 spiro atoms. The van der Waals surface area contributed by atoms with Crippen molar-refractivity contribution in [2.75, 3.05) is 13.2 Å². The molecule has 25 heavy (non-hydrogen) atoms. The highest BCUT2D eigenvalue weighted by molar-refractivity contribution is 5.94. The van der Waals surface area contributed by atoms with E-state index in [2.05, 4.69) is 6.92 Å². The summed E-state index contributed by atoms with van der Waals surface area (Å²) in [7, 11) is 0. The van der Waals surface area contributed by atoms with E-state index in [1.165, 1.54) is 44.8 Å². The van der Waals surface area contributed by atoms with Crippen LogP contribution in [0.5, 0.6) is 0 Å². The number of amides is 1. The molecule has 0 radical (unpaired) electrons. The lowest BCUT2D eigenvalue weighted by molar-refractivity contribution is -0.148. The molecule has 1 saturated heterocycles. The fraction of sp³-hybridized carbons (Fsp3) is 0.700. The first kappa shape index (κ1) is 19.5. The van der Waals surface area contributed by atoms with Crippen LogP contribution in [0, 0.1) is 0 Å². The Morgan fingerprint density at radius 2 is 1.88 bits per heavy atom. The number of nitrogens with zero attached hydrogens (tertiary/aromatic N) is 1. The maximum atomic E-state index is 12.4. The first-order valence-electron chi connectivity index (χ1n) is 9.75. The highest BCUT2D eigenvalue weighted by Crippen LogP contribution is 2.21. The van der Waals surface area contributed by atoms with Crippen LogP contribution in [-0.4, -0.2) is 36.0 Å². The molecule has 5 heteroatoms. The van der Waals surface area contributed by atoms with Gasteiger partial charge in [-0.05, 0) is 31.4 Å². The predicted molar refractivity (Wildman–Crippen MR) is 96.3 cm³/mol. The zero-order chi connectivity index (χ0) is 17.9. The van der Waals surface area contributed by atoms with Gasteiger partial charge in [-0.1, -0.05) is 51.9 Å². The Hall–Kier alpha value is -1.78. The van der Waals surface area contributed by atoms with Gasteiger partial charge in [0.15, 0.2) is 5.76 Å². The highest BCUT2D eigenvalue weighted by atomic mass is 16.5. The number of hydrogen-bond donors (Lipinski definition) is 0. The first-order chi connectivity index (χ1) is 12.2. The second-order valence-electron chi connectivity index (χ2n) is 6.78. The molecular formula is C20H31NO4. The molecule has 1 aromatic rings. The normalized spacial score (nSPS) is 17.0. The summed E-state index contributed by atoms with van der Waals surface area (Å²) in [6.07, 6.45) is 12.7. The minimum Gasteiger partial charge on any atom is -0.464 e. The van der Waals surface area contributed by atoms with Crippen LogP contribution in [0.4, 0.5) is 0 Å². The van der Waals surface area contributed by atoms with Crippen molar-refractivity contribution in [3.8, 4) is 0 Å². The Labute approximate surface area is 150 Å². The third kappa shape index (κ3) is 6.22. The summed E-state index contributed by atoms with van der Waals surface area (Å²) in [6.45, 7) is 3.26. The topological polar surface area (TPSA) is 59.8 Å². The van der Waals surface area contributed by atoms with E-state index in [1.807, 2.05) is 0 Å². The summed E-state index contributed by atoms with van der Waals surface area (Å²) in [5, 5.41) is 0. The van der Waals surface area contributed by atoms with Gasteiger partial charge in [-0.15, -0.1) is 0 Å². The second kappa shape index (κ2) is 11.0. The van der Waals surface area contributed by atoms with Gasteiger partial charge in [0.25, 0.3) is 5.91 Å². The summed E-state index contributed by atoms with van der Waals surface area (Å²) >= 11 is 0. The summed E-state index contributed by atoms with van der Waals surface area (Å²) in [4.78, 5) is 26.2. The molecule has 0 aromatic carbocycles. The van der Waals surface area contributed by atoms with E-state index in [0.29, 0.717) is 19.6 Å². The second-order valence-corrected chi connectivity index (χ2v) is 6.78. The minimum absolute atomic E-state index is 0.225. The van der Waals surface area contributed by atoms with Gasteiger partial charge in [0.2, 0.25) is 0 Å². The smallest absolute Gasteiger partial charge is 0.328 e. The summed E-state index contributed by atoms with van der Waals surface area (Å²) < 4.78 is 10.6. The van der Waals surface area contributed by atoms with Crippen LogP contribution in [-0.2, 0) is 9.53 Å². The standard InChI is InChI=1S/C20H31NO4/c1-2-3-4-5-6-7-8-9-15-25-20(23)17-12-10-14-21(17)19(22)18-13-11-16-24-18/h11,13,16-17H,2-10,12,14-15H2,1H3. The van der Waals surface area contributed by atoms with Crippen LogP contribution in [0.2, 0.25) is 0 Å². The average Bonchev–Trinajstić information content (AvgIpc) is 3.31. The summed E-state index contributed by atoms with van der Waals surface area (Å²) in [5.41, 5.74) is 0. The molecule has 0 N–H and O–H groups in total. The molecule has 1 aliphatic rings. The maximum Gasteiger partial charge on any atom is 0.328 e. The van der Waals surface area contributed by atoms with Crippen molar-refractivity contribution in [2.24, 2.45) is 0 Å². The number of carbonyl (C=O) groups excluding carboxylic acids is 2. The SMILES string of the molecule is CCCCCCCCCCOC(=O)C1CCCN1C(=O)c1ccco1. The van der Waals surface area contributed by atoms with Crippen LogP contribution in [0.15, 0.2) is 22.8 Å². The Morgan fingerprint density at radius 3 is 2.56 bits per heavy atom. The van der Waals surface area contributed by atoms with Crippen molar-refractivity contribution in [3.05, 3.63) is 24.2 Å². The molecule has 0 saturated carbocycles. The number of carbonyl (C=O) groups is 2. The van der Waals surface area contributed by atoms with Gasteiger partial charge in [0, 0.05) is 6.54 Å². The summed E-state index contributed by atoms with van der Waals surface area (Å²) in [6, 6.07) is 2.84. The molecule has 0 bridgehead atoms. The quantitative estimate of drug-likeness (QED) is 0.434. The van der Waals surface area contributed by atoms with Gasteiger partial charge in [-0.25, -0.2) is 4.79 Å². The maximum absolute atomic E-state index is 12.4. The van der Waals surface area contributed by atoms with Crippen LogP contribution in [0.1, 0.15) is 81.7 Å². The molecule has 1 aromatic heterocycles. The van der Waals surface area contributed by atoms with Crippen molar-refractivity contribution in [2.45, 2.75) is 77.2 Å². The predicted octanol–water partition coefficient (Wildman–Crippen LogP) is 4.57. The number of ether oxygens (including phenoxy) is 1. The molecule has 140 valence electrons. The van der Waals surface area contributed by atoms with E-state index in [4.69, 9.17) is 9.15 Å². The van der Waals surface area contributed by atoms with Gasteiger partial charge in [0.1, 0.15) is 6.04 Å². The third-order valence-corrected chi connectivity index (χ3v) is 4.76. The Bertz CT molecular complexity index is 512. The van der Waals surface area contributed by atoms with Crippen LogP contribution < -0.4 is 0 Å². The molecule has 2 heterocycles. The molecular weight excluding hydrogens is 318 g/mol. The molecule has 1 atom stereocenters. The number of hydrogen-bond acceptors (Lipinski definition) is 4. The van der Waals surface area contributed by atoms with Gasteiger partial charge in [-0.2, -0.15) is 0 Å². The monoisotopic (exact) mass is 349 g/mol. The van der Waals surface area contributed by atoms with Crippen molar-refractivity contribution in [3.63, 3.8) is 0 Å². The highest BCUT2D eigenvalue weighted by Gasteiger charge is 2.36. The van der Waals surface area contributed by atoms with Crippen LogP contribution >= 0.6 is 0 Å². The van der Waals surface area contributed by atoms with E-state index in [9.17, 15) is 9.59 Å². The largest absolute Gasteiger partial charge is 0.464 e. The van der Waals surface area contributed by atoms with E-state index in [1.54, 1.807) is 17.0 Å². The van der Waals surface area contributed by atoms with Crippen LogP contribution in [0.25, 0.3) is 0 Å². The fourth-order valence-corrected chi connectivity index (χ4v) is 3.30. The van der Waals surface area contributed by atoms with Gasteiger partial charge < -0.3 is 14.1 Å². The van der Waals surface area contributed by atoms with Crippen molar-refractivity contribution >= 4 is 11.9 Å². The van der Waals surface area contributed by atoms with E-state index in [-0.39, 0.29) is 17.6 Å². The molecule has 1 unspecified atom stereocenters. The van der Waals surface area contributed by atoms with Gasteiger partial charge in [0.05, 0.1) is 12.9 Å². The first-order valence-corrected chi connectivity index (χ1v) is 9.75. The lowest BCUT2D eigenvalue weighted by Crippen LogP contribution is -2.41. The lowest BCUT2D eigenvalue weighted by Gasteiger charge is -2.22. The minimum atomic E-state index is -0.466. The van der Waals surface area contributed by atoms with Crippen molar-refractivity contribution < 1.29 is 18.7 Å². The molecule has 1 fully saturated rings. The Balaban J connectivity index is 1.62. The lowest BCUT2D eigenvalue weighted by atomic mass is 10.1. The van der Waals surface area contributed by atoms with Crippen molar-refractivity contribution in [1.82, 2.24) is 4.90 Å². The van der Waals surface area contributed by atoms with Gasteiger partial charge >= 0.3 is 5.97 Å². The zero-order valence-corrected chi connectivity index (χ0v) is 15.4. The summed E-state index contributed by atoms with van der Waals surface area (Å²) in [5.74, 6) is -0.223. The molecule has 1 amide bonds. The zero-order valence-electron chi connectivity index (χ0n) is 15.4. The third-order valence-electron chi connectivity index (χ3n) is 4.76. The number of esters is 1. The van der Waals surface area contributed by atoms with E-state index >= 15 is 0 Å². The Morgan fingerprint density at radius 1 is 1.16 bits per heavy atom. The van der Waals surface area contributed by atoms with E-state index in [0.717, 1.165) is 19.3 Å². The van der Waals surface area contributed by atoms with E-state index < -0.39 is 6.04 Å². The fourth-order valence-electron chi connectivity index (χ4n) is 3.30. The number of likely N-dealkylation sites (tertiary alicyclic amines) is 1. The molecule has 5 nitrogen and oxygen atoms in total. The molecule has 1 aliphatic heterocycles. The average molecular weight is 349 g/mol. The van der Waals surface area contributed by atoms with Crippen LogP contribution in [0.3, 0.4) is 0 Å². The van der Waals surface area contributed by atoms with Crippen molar-refractivity contribution in [1.29, 1.82) is 0 Å². The van der Waals surface area contributed by atoms with Gasteiger partial charge in [-0.3, -0.25) is 4.79 Å². The number of unbranched alkanes of at least 4 members (excludes halogenated alkanes) is 7. The Kier molecular flexibility index (Phi) is 8.56. The molecule has 2 rings (SSSR count). The number of rotatable bonds is 11. The molecule has 0 aliphatic carbocycles. The number of furan rings is 1.